The van der Waals surface area contributed by atoms with Crippen LogP contribution >= 0.6 is 11.3 Å². The predicted octanol–water partition coefficient (Wildman–Crippen LogP) is 1.41. The van der Waals surface area contributed by atoms with Gasteiger partial charge < -0.3 is 10.0 Å². The zero-order valence-corrected chi connectivity index (χ0v) is 12.3. The van der Waals surface area contributed by atoms with Crippen LogP contribution in [0.25, 0.3) is 0 Å². The van der Waals surface area contributed by atoms with Crippen LogP contribution in [0.5, 0.6) is 0 Å². The summed E-state index contributed by atoms with van der Waals surface area (Å²) in [6.45, 7) is 4.81. The number of carbonyl (C=O) groups excluding carboxylic acids is 1. The molecule has 1 aromatic heterocycles. The van der Waals surface area contributed by atoms with E-state index in [-0.39, 0.29) is 18.1 Å². The van der Waals surface area contributed by atoms with Gasteiger partial charge in [-0.25, -0.2) is 0 Å². The third kappa shape index (κ3) is 4.08. The molecule has 5 heteroatoms. The van der Waals surface area contributed by atoms with Crippen LogP contribution in [0.4, 0.5) is 0 Å². The van der Waals surface area contributed by atoms with Gasteiger partial charge in [0.1, 0.15) is 0 Å². The Bertz CT molecular complexity index is 376. The van der Waals surface area contributed by atoms with Crippen molar-refractivity contribution in [2.24, 2.45) is 0 Å². The van der Waals surface area contributed by atoms with Crippen LogP contribution in [-0.2, 0) is 11.3 Å². The maximum Gasteiger partial charge on any atom is 0.236 e. The molecule has 18 heavy (non-hydrogen) atoms. The smallest absolute Gasteiger partial charge is 0.236 e. The first kappa shape index (κ1) is 15.1. The summed E-state index contributed by atoms with van der Waals surface area (Å²) >= 11 is 1.63. The Morgan fingerprint density at radius 1 is 1.44 bits per heavy atom. The van der Waals surface area contributed by atoms with E-state index in [0.29, 0.717) is 13.1 Å². The molecule has 0 unspecified atom stereocenters. The molecule has 4 nitrogen and oxygen atoms in total. The normalized spacial score (nSPS) is 11.9. The van der Waals surface area contributed by atoms with E-state index in [4.69, 9.17) is 0 Å². The van der Waals surface area contributed by atoms with Gasteiger partial charge in [0.05, 0.1) is 13.2 Å². The standard InChI is InChI=1S/C13H22N2O2S/c1-13(2,10-16)15(4)8-12(17)14(3)7-11-5-6-18-9-11/h5-6,9,16H,7-8,10H2,1-4H3. The minimum atomic E-state index is -0.376. The summed E-state index contributed by atoms with van der Waals surface area (Å²) in [5.74, 6) is 0.0604. The Hall–Kier alpha value is -0.910. The third-order valence-corrected chi connectivity index (χ3v) is 3.95. The van der Waals surface area contributed by atoms with Crippen molar-refractivity contribution in [2.75, 3.05) is 27.2 Å². The number of aliphatic hydroxyl groups is 1. The van der Waals surface area contributed by atoms with E-state index in [2.05, 4.69) is 0 Å². The van der Waals surface area contributed by atoms with Crippen molar-refractivity contribution < 1.29 is 9.90 Å². The van der Waals surface area contributed by atoms with Crippen LogP contribution in [0.15, 0.2) is 16.8 Å². The molecule has 0 saturated carbocycles. The molecule has 1 aromatic rings. The molecule has 102 valence electrons. The minimum absolute atomic E-state index is 0.0328. The quantitative estimate of drug-likeness (QED) is 0.850. The first-order valence-electron chi connectivity index (χ1n) is 5.94. The SMILES string of the molecule is CN(Cc1ccsc1)C(=O)CN(C)C(C)(C)CO. The number of likely N-dealkylation sites (N-methyl/N-ethyl adjacent to an activating group) is 2. The van der Waals surface area contributed by atoms with E-state index < -0.39 is 0 Å². The van der Waals surface area contributed by atoms with E-state index in [0.717, 1.165) is 5.56 Å². The summed E-state index contributed by atoms with van der Waals surface area (Å²) in [7, 11) is 3.66. The average Bonchev–Trinajstić information content (AvgIpc) is 2.81. The molecule has 0 fully saturated rings. The van der Waals surface area contributed by atoms with Crippen molar-refractivity contribution in [2.45, 2.75) is 25.9 Å². The lowest BCUT2D eigenvalue weighted by atomic mass is 10.1. The fraction of sp³-hybridized carbons (Fsp3) is 0.615. The van der Waals surface area contributed by atoms with Gasteiger partial charge in [-0.1, -0.05) is 0 Å². The van der Waals surface area contributed by atoms with Gasteiger partial charge in [-0.05, 0) is 43.3 Å². The summed E-state index contributed by atoms with van der Waals surface area (Å²) < 4.78 is 0. The second-order valence-electron chi connectivity index (χ2n) is 5.21. The molecule has 1 heterocycles. The summed E-state index contributed by atoms with van der Waals surface area (Å²) in [5.41, 5.74) is 0.777. The van der Waals surface area contributed by atoms with Crippen molar-refractivity contribution >= 4 is 17.2 Å². The van der Waals surface area contributed by atoms with Gasteiger partial charge in [0.25, 0.3) is 0 Å². The maximum absolute atomic E-state index is 12.0. The van der Waals surface area contributed by atoms with E-state index in [9.17, 15) is 9.90 Å². The molecule has 0 atom stereocenters. The molecule has 0 aliphatic carbocycles. The Morgan fingerprint density at radius 3 is 2.61 bits per heavy atom. The van der Waals surface area contributed by atoms with Crippen molar-refractivity contribution in [1.82, 2.24) is 9.80 Å². The number of hydrogen-bond donors (Lipinski definition) is 1. The second-order valence-corrected chi connectivity index (χ2v) is 5.99. The molecule has 1 amide bonds. The van der Waals surface area contributed by atoms with Gasteiger partial charge in [-0.3, -0.25) is 9.69 Å². The van der Waals surface area contributed by atoms with Gasteiger partial charge in [-0.2, -0.15) is 11.3 Å². The highest BCUT2D eigenvalue weighted by atomic mass is 32.1. The largest absolute Gasteiger partial charge is 0.394 e. The zero-order chi connectivity index (χ0) is 13.8. The molecular weight excluding hydrogens is 248 g/mol. The molecule has 0 spiro atoms. The average molecular weight is 270 g/mol. The molecule has 0 aromatic carbocycles. The maximum atomic E-state index is 12.0. The zero-order valence-electron chi connectivity index (χ0n) is 11.5. The van der Waals surface area contributed by atoms with Crippen LogP contribution < -0.4 is 0 Å². The van der Waals surface area contributed by atoms with Crippen LogP contribution in [0.3, 0.4) is 0 Å². The molecule has 0 saturated heterocycles. The van der Waals surface area contributed by atoms with E-state index in [1.165, 1.54) is 0 Å². The van der Waals surface area contributed by atoms with Crippen molar-refractivity contribution in [3.8, 4) is 0 Å². The van der Waals surface area contributed by atoms with Crippen LogP contribution in [-0.4, -0.2) is 53.6 Å². The topological polar surface area (TPSA) is 43.8 Å². The van der Waals surface area contributed by atoms with Crippen molar-refractivity contribution in [3.63, 3.8) is 0 Å². The summed E-state index contributed by atoms with van der Waals surface area (Å²) in [6.07, 6.45) is 0. The Labute approximate surface area is 113 Å². The Balaban J connectivity index is 2.50. The lowest BCUT2D eigenvalue weighted by molar-refractivity contribution is -0.132. The summed E-state index contributed by atoms with van der Waals surface area (Å²) in [5, 5.41) is 13.3. The van der Waals surface area contributed by atoms with Gasteiger partial charge in [0.2, 0.25) is 5.91 Å². The lowest BCUT2D eigenvalue weighted by Crippen LogP contribution is -2.48. The number of thiophene rings is 1. The number of aliphatic hydroxyl groups excluding tert-OH is 1. The fourth-order valence-electron chi connectivity index (χ4n) is 1.40. The van der Waals surface area contributed by atoms with Crippen LogP contribution in [0, 0.1) is 0 Å². The fourth-order valence-corrected chi connectivity index (χ4v) is 2.06. The number of amides is 1. The molecule has 0 bridgehead atoms. The highest BCUT2D eigenvalue weighted by molar-refractivity contribution is 7.07. The molecule has 1 N–H and O–H groups in total. The van der Waals surface area contributed by atoms with E-state index in [1.807, 2.05) is 42.6 Å². The molecule has 0 aliphatic rings. The minimum Gasteiger partial charge on any atom is -0.394 e. The van der Waals surface area contributed by atoms with E-state index >= 15 is 0 Å². The predicted molar refractivity (Wildman–Crippen MR) is 74.6 cm³/mol. The van der Waals surface area contributed by atoms with Gasteiger partial charge in [-0.15, -0.1) is 0 Å². The molecular formula is C13H22N2O2S. The molecule has 1 rings (SSSR count). The first-order valence-corrected chi connectivity index (χ1v) is 6.88. The summed E-state index contributed by atoms with van der Waals surface area (Å²) in [6, 6.07) is 2.02. The first-order chi connectivity index (χ1) is 8.36. The number of hydrogen-bond acceptors (Lipinski definition) is 4. The third-order valence-electron chi connectivity index (χ3n) is 3.22. The van der Waals surface area contributed by atoms with Crippen LogP contribution in [0.1, 0.15) is 19.4 Å². The second kappa shape index (κ2) is 6.31. The summed E-state index contributed by atoms with van der Waals surface area (Å²) in [4.78, 5) is 15.6. The van der Waals surface area contributed by atoms with Gasteiger partial charge in [0, 0.05) is 19.1 Å². The van der Waals surface area contributed by atoms with Gasteiger partial charge in [0.15, 0.2) is 0 Å². The Kier molecular flexibility index (Phi) is 5.31. The van der Waals surface area contributed by atoms with Crippen LogP contribution in [0.2, 0.25) is 0 Å². The lowest BCUT2D eigenvalue weighted by Gasteiger charge is -2.34. The molecule has 0 radical (unpaired) electrons. The van der Waals surface area contributed by atoms with Crippen molar-refractivity contribution in [1.29, 1.82) is 0 Å². The highest BCUT2D eigenvalue weighted by Crippen LogP contribution is 2.12. The van der Waals surface area contributed by atoms with Crippen molar-refractivity contribution in [3.05, 3.63) is 22.4 Å². The number of carbonyl (C=O) groups is 1. The Morgan fingerprint density at radius 2 is 2.11 bits per heavy atom. The monoisotopic (exact) mass is 270 g/mol. The van der Waals surface area contributed by atoms with E-state index in [1.54, 1.807) is 23.3 Å². The number of rotatable bonds is 6. The molecule has 0 aliphatic heterocycles. The van der Waals surface area contributed by atoms with Gasteiger partial charge >= 0.3 is 0 Å². The highest BCUT2D eigenvalue weighted by Gasteiger charge is 2.25. The number of nitrogens with zero attached hydrogens (tertiary/aromatic N) is 2.